The van der Waals surface area contributed by atoms with Crippen molar-refractivity contribution in [3.8, 4) is 5.75 Å². The van der Waals surface area contributed by atoms with Crippen LogP contribution in [0, 0.1) is 29.2 Å². The van der Waals surface area contributed by atoms with Crippen molar-refractivity contribution >= 4 is 28.2 Å². The van der Waals surface area contributed by atoms with Crippen LogP contribution in [0.3, 0.4) is 0 Å². The van der Waals surface area contributed by atoms with Crippen molar-refractivity contribution in [1.29, 1.82) is 0 Å². The van der Waals surface area contributed by atoms with Crippen molar-refractivity contribution in [3.63, 3.8) is 0 Å². The second-order valence-corrected chi connectivity index (χ2v) is 7.98. The number of hydrogen-bond donors (Lipinski definition) is 1. The van der Waals surface area contributed by atoms with Crippen molar-refractivity contribution in [2.75, 3.05) is 13.2 Å². The van der Waals surface area contributed by atoms with Crippen molar-refractivity contribution in [2.45, 2.75) is 26.2 Å². The van der Waals surface area contributed by atoms with Gasteiger partial charge in [-0.1, -0.05) is 55.8 Å². The van der Waals surface area contributed by atoms with Gasteiger partial charge in [-0.15, -0.1) is 0 Å². The Morgan fingerprint density at radius 1 is 0.943 bits per heavy atom. The molecule has 1 amide bonds. The van der Waals surface area contributed by atoms with Crippen LogP contribution in [0.2, 0.25) is 0 Å². The summed E-state index contributed by atoms with van der Waals surface area (Å²) >= 11 is 0. The van der Waals surface area contributed by atoms with E-state index in [1.54, 1.807) is 12.1 Å². The Hall–Kier alpha value is -3.75. The molecular weight excluding hydrogens is 466 g/mol. The highest BCUT2D eigenvalue weighted by Gasteiger charge is 2.24. The van der Waals surface area contributed by atoms with E-state index < -0.39 is 59.8 Å². The predicted molar refractivity (Wildman–Crippen MR) is 121 cm³/mol. The number of carbonyl (C=O) groups is 3. The molecule has 1 atom stereocenters. The lowest BCUT2D eigenvalue weighted by atomic mass is 9.91. The zero-order valence-corrected chi connectivity index (χ0v) is 18.9. The molecule has 0 aliphatic carbocycles. The Morgan fingerprint density at radius 2 is 1.60 bits per heavy atom. The molecule has 0 fully saturated rings. The number of nitrogens with one attached hydrogen (secondary N) is 1. The van der Waals surface area contributed by atoms with Gasteiger partial charge in [0.25, 0.3) is 0 Å². The monoisotopic (exact) mass is 489 g/mol. The fourth-order valence-electron chi connectivity index (χ4n) is 3.69. The highest BCUT2D eigenvalue weighted by molar-refractivity contribution is 6.09. The topological polar surface area (TPSA) is 72.5 Å². The van der Waals surface area contributed by atoms with E-state index in [9.17, 15) is 31.9 Å². The molecule has 35 heavy (non-hydrogen) atoms. The number of carbonyl (C=O) groups excluding carboxylic acids is 3. The summed E-state index contributed by atoms with van der Waals surface area (Å²) in [5, 5.41) is 4.06. The van der Waals surface area contributed by atoms with Gasteiger partial charge in [-0.3, -0.25) is 14.4 Å². The van der Waals surface area contributed by atoms with Gasteiger partial charge in [0.05, 0.1) is 6.54 Å². The first-order chi connectivity index (χ1) is 16.7. The molecule has 0 saturated heterocycles. The molecule has 9 heteroatoms. The maximum atomic E-state index is 13.6. The van der Waals surface area contributed by atoms with Crippen LogP contribution in [0.4, 0.5) is 17.6 Å². The van der Waals surface area contributed by atoms with Gasteiger partial charge < -0.3 is 10.1 Å². The molecule has 3 aromatic rings. The van der Waals surface area contributed by atoms with Gasteiger partial charge in [-0.05, 0) is 17.2 Å². The van der Waals surface area contributed by atoms with Gasteiger partial charge in [0.15, 0.2) is 29.0 Å². The number of halogens is 4. The van der Waals surface area contributed by atoms with E-state index in [-0.39, 0.29) is 18.3 Å². The van der Waals surface area contributed by atoms with Crippen molar-refractivity contribution < 1.29 is 36.7 Å². The van der Waals surface area contributed by atoms with E-state index in [1.807, 2.05) is 37.3 Å². The molecule has 1 N–H and O–H groups in total. The van der Waals surface area contributed by atoms with Gasteiger partial charge in [0.2, 0.25) is 17.5 Å². The van der Waals surface area contributed by atoms with Crippen molar-refractivity contribution in [1.82, 2.24) is 5.32 Å². The normalized spacial score (nSPS) is 11.8. The quantitative estimate of drug-likeness (QED) is 0.230. The average Bonchev–Trinajstić information content (AvgIpc) is 2.85. The molecule has 0 radical (unpaired) electrons. The second-order valence-electron chi connectivity index (χ2n) is 7.98. The zero-order chi connectivity index (χ0) is 25.5. The second kappa shape index (κ2) is 11.6. The van der Waals surface area contributed by atoms with Crippen LogP contribution in [0.1, 0.15) is 36.5 Å². The number of rotatable bonds is 11. The van der Waals surface area contributed by atoms with E-state index in [1.165, 1.54) is 0 Å². The lowest BCUT2D eigenvalue weighted by Gasteiger charge is -2.16. The minimum absolute atomic E-state index is 0.0208. The number of hydrogen-bond acceptors (Lipinski definition) is 4. The first kappa shape index (κ1) is 25.9. The standard InChI is InChI=1S/C26H23F4NO4/c1-2-6-16(11-22(33)19-10-5-8-15-7-3-4-9-18(15)19)26(34)31-13-17(32)14-35-25-23(29)20(27)12-21(28)24(25)30/h3-5,7-10,12,16H,2,6,11,13-14H2,1H3,(H,31,34). The van der Waals surface area contributed by atoms with Gasteiger partial charge in [-0.25, -0.2) is 8.78 Å². The van der Waals surface area contributed by atoms with E-state index >= 15 is 0 Å². The maximum absolute atomic E-state index is 13.6. The number of Topliss-reactive ketones (excluding diaryl/α,β-unsaturated/α-hetero) is 2. The SMILES string of the molecule is CCCC(CC(=O)c1cccc2ccccc12)C(=O)NCC(=O)COc1c(F)c(F)cc(F)c1F. The van der Waals surface area contributed by atoms with Crippen LogP contribution >= 0.6 is 0 Å². The number of amides is 1. The molecule has 3 aromatic carbocycles. The Bertz CT molecular complexity index is 1230. The zero-order valence-electron chi connectivity index (χ0n) is 18.9. The Morgan fingerprint density at radius 3 is 2.29 bits per heavy atom. The molecule has 0 spiro atoms. The molecule has 1 unspecified atom stereocenters. The summed E-state index contributed by atoms with van der Waals surface area (Å²) in [4.78, 5) is 37.7. The van der Waals surface area contributed by atoms with Gasteiger partial charge in [0, 0.05) is 24.0 Å². The van der Waals surface area contributed by atoms with E-state index in [0.717, 1.165) is 10.8 Å². The summed E-state index contributed by atoms with van der Waals surface area (Å²) in [5.41, 5.74) is 0.493. The molecule has 3 rings (SSSR count). The number of ether oxygens (including phenoxy) is 1. The largest absolute Gasteiger partial charge is 0.479 e. The van der Waals surface area contributed by atoms with E-state index in [2.05, 4.69) is 10.1 Å². The third-order valence-electron chi connectivity index (χ3n) is 5.44. The minimum Gasteiger partial charge on any atom is -0.479 e. The Kier molecular flexibility index (Phi) is 8.57. The van der Waals surface area contributed by atoms with Gasteiger partial charge in [0.1, 0.15) is 6.61 Å². The fraction of sp³-hybridized carbons (Fsp3) is 0.269. The predicted octanol–water partition coefficient (Wildman–Crippen LogP) is 5.15. The highest BCUT2D eigenvalue weighted by Crippen LogP contribution is 2.26. The van der Waals surface area contributed by atoms with Crippen LogP contribution in [-0.2, 0) is 9.59 Å². The smallest absolute Gasteiger partial charge is 0.223 e. The molecular formula is C26H23F4NO4. The van der Waals surface area contributed by atoms with Crippen LogP contribution in [-0.4, -0.2) is 30.6 Å². The lowest BCUT2D eigenvalue weighted by Crippen LogP contribution is -2.37. The van der Waals surface area contributed by atoms with Crippen LogP contribution in [0.15, 0.2) is 48.5 Å². The van der Waals surface area contributed by atoms with E-state index in [0.29, 0.717) is 18.4 Å². The molecule has 184 valence electrons. The fourth-order valence-corrected chi connectivity index (χ4v) is 3.69. The highest BCUT2D eigenvalue weighted by atomic mass is 19.2. The van der Waals surface area contributed by atoms with Crippen molar-refractivity contribution in [3.05, 3.63) is 77.4 Å². The van der Waals surface area contributed by atoms with Crippen LogP contribution in [0.5, 0.6) is 5.75 Å². The molecule has 0 bridgehead atoms. The average molecular weight is 489 g/mol. The number of ketones is 2. The summed E-state index contributed by atoms with van der Waals surface area (Å²) < 4.78 is 58.4. The van der Waals surface area contributed by atoms with Crippen LogP contribution < -0.4 is 10.1 Å². The minimum atomic E-state index is -1.77. The third-order valence-corrected chi connectivity index (χ3v) is 5.44. The summed E-state index contributed by atoms with van der Waals surface area (Å²) in [5.74, 6) is -10.5. The van der Waals surface area contributed by atoms with Crippen molar-refractivity contribution in [2.24, 2.45) is 5.92 Å². The molecule has 0 aliphatic rings. The molecule has 0 heterocycles. The first-order valence-electron chi connectivity index (χ1n) is 11.0. The number of fused-ring (bicyclic) bond motifs is 1. The summed E-state index contributed by atoms with van der Waals surface area (Å²) in [7, 11) is 0. The van der Waals surface area contributed by atoms with Crippen LogP contribution in [0.25, 0.3) is 10.8 Å². The van der Waals surface area contributed by atoms with Gasteiger partial charge >= 0.3 is 0 Å². The summed E-state index contributed by atoms with van der Waals surface area (Å²) in [6, 6.07) is 12.7. The summed E-state index contributed by atoms with van der Waals surface area (Å²) in [6.07, 6.45) is 0.936. The molecule has 0 aromatic heterocycles. The Labute approximate surface area is 199 Å². The molecule has 5 nitrogen and oxygen atoms in total. The van der Waals surface area contributed by atoms with Gasteiger partial charge in [-0.2, -0.15) is 8.78 Å². The van der Waals surface area contributed by atoms with E-state index in [4.69, 9.17) is 0 Å². The number of benzene rings is 3. The summed E-state index contributed by atoms with van der Waals surface area (Å²) in [6.45, 7) is 0.371. The Balaban J connectivity index is 1.60. The first-order valence-corrected chi connectivity index (χ1v) is 11.0. The maximum Gasteiger partial charge on any atom is 0.223 e. The lowest BCUT2D eigenvalue weighted by molar-refractivity contribution is -0.128. The molecule has 0 saturated carbocycles. The third kappa shape index (κ3) is 6.23. The molecule has 0 aliphatic heterocycles.